The van der Waals surface area contributed by atoms with Crippen LogP contribution in [0.4, 0.5) is 0 Å². The Morgan fingerprint density at radius 1 is 0.897 bits per heavy atom. The van der Waals surface area contributed by atoms with Gasteiger partial charge in [-0.15, -0.1) is 0 Å². The van der Waals surface area contributed by atoms with E-state index < -0.39 is 0 Å². The molecule has 2 amide bonds. The minimum atomic E-state index is -0.0907. The standard InChI is InChI=1S/C22H21ClN4O2/c23-20-8-2-1-7-19(20)22(29)26-11-4-10-25(13-14-26)21(28)17-5-3-6-18(15-17)27-12-9-24-16-27/h1-3,5-9,12,15-16H,4,10-11,13-14H2. The summed E-state index contributed by atoms with van der Waals surface area (Å²) < 4.78 is 1.86. The van der Waals surface area contributed by atoms with Crippen LogP contribution in [0.3, 0.4) is 0 Å². The molecule has 7 heteroatoms. The molecule has 0 unspecified atom stereocenters. The van der Waals surface area contributed by atoms with E-state index in [1.807, 2.05) is 39.9 Å². The van der Waals surface area contributed by atoms with E-state index in [0.29, 0.717) is 42.3 Å². The van der Waals surface area contributed by atoms with Crippen molar-refractivity contribution in [1.82, 2.24) is 19.4 Å². The zero-order valence-electron chi connectivity index (χ0n) is 15.9. The lowest BCUT2D eigenvalue weighted by atomic mass is 10.1. The van der Waals surface area contributed by atoms with E-state index >= 15 is 0 Å². The summed E-state index contributed by atoms with van der Waals surface area (Å²) in [5.74, 6) is -0.119. The van der Waals surface area contributed by atoms with E-state index in [9.17, 15) is 9.59 Å². The second-order valence-corrected chi connectivity index (χ2v) is 7.35. The normalized spacial score (nSPS) is 14.5. The number of aromatic nitrogens is 2. The fraction of sp³-hybridized carbons (Fsp3) is 0.227. The van der Waals surface area contributed by atoms with E-state index in [-0.39, 0.29) is 11.8 Å². The van der Waals surface area contributed by atoms with Crippen molar-refractivity contribution in [1.29, 1.82) is 0 Å². The minimum Gasteiger partial charge on any atom is -0.337 e. The molecule has 0 aliphatic carbocycles. The maximum absolute atomic E-state index is 13.1. The number of halogens is 1. The maximum Gasteiger partial charge on any atom is 0.255 e. The first-order valence-corrected chi connectivity index (χ1v) is 9.93. The number of rotatable bonds is 3. The van der Waals surface area contributed by atoms with Gasteiger partial charge in [-0.3, -0.25) is 9.59 Å². The van der Waals surface area contributed by atoms with Gasteiger partial charge in [0.2, 0.25) is 0 Å². The van der Waals surface area contributed by atoms with Crippen LogP contribution in [0.25, 0.3) is 5.69 Å². The van der Waals surface area contributed by atoms with Crippen LogP contribution in [0.5, 0.6) is 0 Å². The highest BCUT2D eigenvalue weighted by atomic mass is 35.5. The Morgan fingerprint density at radius 2 is 1.66 bits per heavy atom. The van der Waals surface area contributed by atoms with Crippen LogP contribution in [0, 0.1) is 0 Å². The predicted octanol–water partition coefficient (Wildman–Crippen LogP) is 3.51. The van der Waals surface area contributed by atoms with Gasteiger partial charge in [0.15, 0.2) is 0 Å². The van der Waals surface area contributed by atoms with Gasteiger partial charge in [-0.05, 0) is 36.8 Å². The number of carbonyl (C=O) groups is 2. The van der Waals surface area contributed by atoms with Crippen molar-refractivity contribution in [3.05, 3.63) is 83.4 Å². The number of nitrogens with zero attached hydrogens (tertiary/aromatic N) is 4. The molecule has 0 radical (unpaired) electrons. The number of carbonyl (C=O) groups excluding carboxylic acids is 2. The molecule has 3 aromatic rings. The average molecular weight is 409 g/mol. The van der Waals surface area contributed by atoms with Crippen LogP contribution in [-0.2, 0) is 0 Å². The molecule has 0 saturated carbocycles. The quantitative estimate of drug-likeness (QED) is 0.666. The molecule has 0 N–H and O–H groups in total. The highest BCUT2D eigenvalue weighted by molar-refractivity contribution is 6.33. The third-order valence-electron chi connectivity index (χ3n) is 5.07. The molecule has 4 rings (SSSR count). The lowest BCUT2D eigenvalue weighted by molar-refractivity contribution is 0.0719. The molecule has 0 bridgehead atoms. The van der Waals surface area contributed by atoms with Crippen LogP contribution >= 0.6 is 11.6 Å². The van der Waals surface area contributed by atoms with Gasteiger partial charge >= 0.3 is 0 Å². The third kappa shape index (κ3) is 4.17. The lowest BCUT2D eigenvalue weighted by Gasteiger charge is -2.23. The smallest absolute Gasteiger partial charge is 0.255 e. The molecule has 1 fully saturated rings. The number of hydrogen-bond acceptors (Lipinski definition) is 3. The Hall–Kier alpha value is -3.12. The first-order chi connectivity index (χ1) is 14.1. The summed E-state index contributed by atoms with van der Waals surface area (Å²) >= 11 is 6.18. The second-order valence-electron chi connectivity index (χ2n) is 6.94. The van der Waals surface area contributed by atoms with Crippen molar-refractivity contribution < 1.29 is 9.59 Å². The van der Waals surface area contributed by atoms with Crippen LogP contribution in [0.2, 0.25) is 5.02 Å². The highest BCUT2D eigenvalue weighted by Gasteiger charge is 2.24. The van der Waals surface area contributed by atoms with Crippen LogP contribution in [-0.4, -0.2) is 57.3 Å². The average Bonchev–Trinajstić information content (AvgIpc) is 3.18. The van der Waals surface area contributed by atoms with Crippen molar-refractivity contribution >= 4 is 23.4 Å². The summed E-state index contributed by atoms with van der Waals surface area (Å²) in [6.07, 6.45) is 5.97. The van der Waals surface area contributed by atoms with Crippen molar-refractivity contribution in [2.45, 2.75) is 6.42 Å². The van der Waals surface area contributed by atoms with Gasteiger partial charge in [0, 0.05) is 49.8 Å². The number of hydrogen-bond donors (Lipinski definition) is 0. The van der Waals surface area contributed by atoms with Gasteiger partial charge < -0.3 is 14.4 Å². The predicted molar refractivity (Wildman–Crippen MR) is 111 cm³/mol. The molecule has 148 valence electrons. The third-order valence-corrected chi connectivity index (χ3v) is 5.40. The van der Waals surface area contributed by atoms with Crippen LogP contribution in [0.15, 0.2) is 67.3 Å². The molecule has 29 heavy (non-hydrogen) atoms. The van der Waals surface area contributed by atoms with E-state index in [0.717, 1.165) is 12.1 Å². The minimum absolute atomic E-state index is 0.0287. The summed E-state index contributed by atoms with van der Waals surface area (Å²) in [4.78, 5) is 33.5. The van der Waals surface area contributed by atoms with Gasteiger partial charge in [0.25, 0.3) is 11.8 Å². The van der Waals surface area contributed by atoms with Crippen molar-refractivity contribution in [3.8, 4) is 5.69 Å². The molecule has 2 heterocycles. The monoisotopic (exact) mass is 408 g/mol. The van der Waals surface area contributed by atoms with Gasteiger partial charge in [0.05, 0.1) is 16.9 Å². The van der Waals surface area contributed by atoms with Gasteiger partial charge in [0.1, 0.15) is 0 Å². The van der Waals surface area contributed by atoms with E-state index in [1.54, 1.807) is 41.7 Å². The SMILES string of the molecule is O=C(c1cccc(-n2ccnc2)c1)N1CCCN(C(=O)c2ccccc2Cl)CC1. The second kappa shape index (κ2) is 8.49. The van der Waals surface area contributed by atoms with Crippen LogP contribution < -0.4 is 0 Å². The largest absolute Gasteiger partial charge is 0.337 e. The fourth-order valence-corrected chi connectivity index (χ4v) is 3.74. The van der Waals surface area contributed by atoms with Crippen LogP contribution in [0.1, 0.15) is 27.1 Å². The Balaban J connectivity index is 1.46. The molecule has 2 aromatic carbocycles. The molecule has 0 spiro atoms. The summed E-state index contributed by atoms with van der Waals surface area (Å²) in [6, 6.07) is 14.6. The van der Waals surface area contributed by atoms with Crippen molar-refractivity contribution in [2.75, 3.05) is 26.2 Å². The van der Waals surface area contributed by atoms with E-state index in [4.69, 9.17) is 11.6 Å². The molecule has 1 aliphatic rings. The number of benzene rings is 2. The Labute approximate surface area is 174 Å². The first-order valence-electron chi connectivity index (χ1n) is 9.55. The number of amides is 2. The molecular formula is C22H21ClN4O2. The van der Waals surface area contributed by atoms with Gasteiger partial charge in [-0.25, -0.2) is 4.98 Å². The highest BCUT2D eigenvalue weighted by Crippen LogP contribution is 2.19. The zero-order chi connectivity index (χ0) is 20.2. The molecule has 1 aliphatic heterocycles. The zero-order valence-corrected chi connectivity index (χ0v) is 16.6. The molecule has 1 saturated heterocycles. The Bertz CT molecular complexity index is 1020. The van der Waals surface area contributed by atoms with E-state index in [2.05, 4.69) is 4.98 Å². The number of imidazole rings is 1. The van der Waals surface area contributed by atoms with Crippen molar-refractivity contribution in [2.24, 2.45) is 0 Å². The Kier molecular flexibility index (Phi) is 5.62. The van der Waals surface area contributed by atoms with E-state index in [1.165, 1.54) is 0 Å². The molecular weight excluding hydrogens is 388 g/mol. The molecule has 0 atom stereocenters. The lowest BCUT2D eigenvalue weighted by Crippen LogP contribution is -2.37. The summed E-state index contributed by atoms with van der Waals surface area (Å²) in [6.45, 7) is 2.19. The van der Waals surface area contributed by atoms with Gasteiger partial charge in [-0.1, -0.05) is 29.8 Å². The summed E-state index contributed by atoms with van der Waals surface area (Å²) in [7, 11) is 0. The van der Waals surface area contributed by atoms with Gasteiger partial charge in [-0.2, -0.15) is 0 Å². The fourth-order valence-electron chi connectivity index (χ4n) is 3.52. The topological polar surface area (TPSA) is 58.4 Å². The molecule has 1 aromatic heterocycles. The first kappa shape index (κ1) is 19.2. The summed E-state index contributed by atoms with van der Waals surface area (Å²) in [5, 5.41) is 0.450. The van der Waals surface area contributed by atoms with Crippen molar-refractivity contribution in [3.63, 3.8) is 0 Å². The molecule has 6 nitrogen and oxygen atoms in total. The Morgan fingerprint density at radius 3 is 2.38 bits per heavy atom. The maximum atomic E-state index is 13.1. The summed E-state index contributed by atoms with van der Waals surface area (Å²) in [5.41, 5.74) is 2.02.